The highest BCUT2D eigenvalue weighted by atomic mass is 35.5. The highest BCUT2D eigenvalue weighted by Gasteiger charge is 2.19. The lowest BCUT2D eigenvalue weighted by molar-refractivity contribution is -0.120. The van der Waals surface area contributed by atoms with Gasteiger partial charge in [0.15, 0.2) is 11.5 Å². The van der Waals surface area contributed by atoms with Gasteiger partial charge in [-0.15, -0.1) is 0 Å². The maximum Gasteiger partial charge on any atom is 0.224 e. The fourth-order valence-corrected chi connectivity index (χ4v) is 3.27. The van der Waals surface area contributed by atoms with Crippen molar-refractivity contribution in [3.8, 4) is 17.2 Å². The quantitative estimate of drug-likeness (QED) is 0.692. The zero-order valence-electron chi connectivity index (χ0n) is 16.9. The average Bonchev–Trinajstić information content (AvgIpc) is 2.68. The molecule has 0 aliphatic rings. The van der Waals surface area contributed by atoms with Crippen LogP contribution in [0.5, 0.6) is 17.2 Å². The lowest BCUT2D eigenvalue weighted by atomic mass is 10.1. The summed E-state index contributed by atoms with van der Waals surface area (Å²) in [5.74, 6) is 1.44. The van der Waals surface area contributed by atoms with Gasteiger partial charge in [-0.1, -0.05) is 29.8 Å². The molecule has 1 amide bonds. The first-order valence-electron chi connectivity index (χ1n) is 8.87. The Morgan fingerprint density at radius 3 is 2.18 bits per heavy atom. The summed E-state index contributed by atoms with van der Waals surface area (Å²) in [6.07, 6.45) is 0.194. The molecule has 2 aromatic carbocycles. The number of methoxy groups -OCH3 is 3. The fraction of sp³-hybridized carbons (Fsp3) is 0.381. The second-order valence-corrected chi connectivity index (χ2v) is 6.92. The van der Waals surface area contributed by atoms with Crippen molar-refractivity contribution in [2.24, 2.45) is 0 Å². The molecule has 0 unspecified atom stereocenters. The number of nitrogens with one attached hydrogen (secondary N) is 1. The van der Waals surface area contributed by atoms with Crippen LogP contribution in [0.2, 0.25) is 5.02 Å². The molecule has 0 aliphatic carbocycles. The van der Waals surface area contributed by atoms with Gasteiger partial charge in [-0.2, -0.15) is 0 Å². The Bertz CT molecular complexity index is 786. The molecule has 2 aromatic rings. The summed E-state index contributed by atoms with van der Waals surface area (Å²) in [4.78, 5) is 14.6. The normalized spacial score (nSPS) is 11.8. The molecule has 0 spiro atoms. The summed E-state index contributed by atoms with van der Waals surface area (Å²) in [5.41, 5.74) is 1.74. The summed E-state index contributed by atoms with van der Waals surface area (Å²) in [6.45, 7) is 0.444. The van der Waals surface area contributed by atoms with E-state index in [1.54, 1.807) is 33.5 Å². The van der Waals surface area contributed by atoms with Crippen LogP contribution in [-0.2, 0) is 11.2 Å². The van der Waals surface area contributed by atoms with Crippen LogP contribution in [0.3, 0.4) is 0 Å². The highest BCUT2D eigenvalue weighted by molar-refractivity contribution is 6.31. The highest BCUT2D eigenvalue weighted by Crippen LogP contribution is 2.38. The topological polar surface area (TPSA) is 60.0 Å². The number of rotatable bonds is 9. The molecule has 0 aliphatic heterocycles. The van der Waals surface area contributed by atoms with Gasteiger partial charge in [-0.05, 0) is 43.4 Å². The number of nitrogens with zero attached hydrogens (tertiary/aromatic N) is 1. The molecule has 2 rings (SSSR count). The fourth-order valence-electron chi connectivity index (χ4n) is 3.01. The van der Waals surface area contributed by atoms with Crippen molar-refractivity contribution in [3.05, 3.63) is 52.5 Å². The zero-order chi connectivity index (χ0) is 20.7. The maximum atomic E-state index is 12.5. The second kappa shape index (κ2) is 10.2. The predicted octanol–water partition coefficient (Wildman–Crippen LogP) is 3.33. The number of ether oxygens (including phenoxy) is 3. The number of hydrogen-bond acceptors (Lipinski definition) is 5. The number of carbonyl (C=O) groups is 1. The Balaban J connectivity index is 2.10. The molecule has 7 heteroatoms. The maximum absolute atomic E-state index is 12.5. The van der Waals surface area contributed by atoms with E-state index in [1.807, 2.05) is 43.3 Å². The Morgan fingerprint density at radius 2 is 1.68 bits per heavy atom. The predicted molar refractivity (Wildman–Crippen MR) is 111 cm³/mol. The zero-order valence-corrected chi connectivity index (χ0v) is 17.7. The Kier molecular flexibility index (Phi) is 7.96. The van der Waals surface area contributed by atoms with Crippen molar-refractivity contribution in [3.63, 3.8) is 0 Å². The molecule has 1 N–H and O–H groups in total. The van der Waals surface area contributed by atoms with Crippen molar-refractivity contribution in [1.29, 1.82) is 0 Å². The van der Waals surface area contributed by atoms with Gasteiger partial charge in [0.2, 0.25) is 11.7 Å². The molecule has 0 heterocycles. The Morgan fingerprint density at radius 1 is 1.07 bits per heavy atom. The molecule has 6 nitrogen and oxygen atoms in total. The minimum absolute atomic E-state index is 0.0300. The van der Waals surface area contributed by atoms with Gasteiger partial charge in [0.25, 0.3) is 0 Å². The number of carbonyl (C=O) groups excluding carboxylic acids is 1. The SMILES string of the molecule is COc1cc(CC(=O)NC[C@@H](c2ccccc2Cl)N(C)C)cc(OC)c1OC. The summed E-state index contributed by atoms with van der Waals surface area (Å²) >= 11 is 6.32. The van der Waals surface area contributed by atoms with E-state index in [1.165, 1.54) is 0 Å². The third-order valence-corrected chi connectivity index (χ3v) is 4.81. The van der Waals surface area contributed by atoms with Crippen LogP contribution in [0.25, 0.3) is 0 Å². The molecule has 0 saturated heterocycles. The molecular formula is C21H27ClN2O4. The van der Waals surface area contributed by atoms with Crippen LogP contribution < -0.4 is 19.5 Å². The van der Waals surface area contributed by atoms with Crippen LogP contribution in [0, 0.1) is 0 Å². The summed E-state index contributed by atoms with van der Waals surface area (Å²) in [6, 6.07) is 11.2. The standard InChI is InChI=1S/C21H27ClN2O4/c1-24(2)17(15-8-6-7-9-16(15)22)13-23-20(25)12-14-10-18(26-3)21(28-5)19(11-14)27-4/h6-11,17H,12-13H2,1-5H3,(H,23,25)/t17-/m0/s1. The number of amides is 1. The molecular weight excluding hydrogens is 380 g/mol. The first-order valence-corrected chi connectivity index (χ1v) is 9.25. The van der Waals surface area contributed by atoms with Crippen molar-refractivity contribution in [2.45, 2.75) is 12.5 Å². The Labute approximate surface area is 171 Å². The second-order valence-electron chi connectivity index (χ2n) is 6.52. The molecule has 28 heavy (non-hydrogen) atoms. The molecule has 0 saturated carbocycles. The van der Waals surface area contributed by atoms with Crippen molar-refractivity contribution >= 4 is 17.5 Å². The van der Waals surface area contributed by atoms with Gasteiger partial charge >= 0.3 is 0 Å². The van der Waals surface area contributed by atoms with Crippen LogP contribution in [0.15, 0.2) is 36.4 Å². The van der Waals surface area contributed by atoms with E-state index in [0.29, 0.717) is 28.8 Å². The lowest BCUT2D eigenvalue weighted by Gasteiger charge is -2.26. The summed E-state index contributed by atoms with van der Waals surface area (Å²) in [7, 11) is 8.56. The summed E-state index contributed by atoms with van der Waals surface area (Å²) in [5, 5.41) is 3.67. The number of hydrogen-bond donors (Lipinski definition) is 1. The van der Waals surface area contributed by atoms with Gasteiger partial charge in [0.1, 0.15) is 0 Å². The molecule has 0 radical (unpaired) electrons. The lowest BCUT2D eigenvalue weighted by Crippen LogP contribution is -2.35. The van der Waals surface area contributed by atoms with Crippen molar-refractivity contribution in [1.82, 2.24) is 10.2 Å². The molecule has 152 valence electrons. The smallest absolute Gasteiger partial charge is 0.224 e. The van der Waals surface area contributed by atoms with Gasteiger partial charge in [0.05, 0.1) is 33.8 Å². The minimum atomic E-state index is -0.104. The largest absolute Gasteiger partial charge is 0.493 e. The Hall–Kier alpha value is -2.44. The van der Waals surface area contributed by atoms with Crippen molar-refractivity contribution in [2.75, 3.05) is 42.0 Å². The van der Waals surface area contributed by atoms with E-state index in [-0.39, 0.29) is 18.4 Å². The van der Waals surface area contributed by atoms with Gasteiger partial charge in [0, 0.05) is 11.6 Å². The van der Waals surface area contributed by atoms with Crippen molar-refractivity contribution < 1.29 is 19.0 Å². The summed E-state index contributed by atoms with van der Waals surface area (Å²) < 4.78 is 16.0. The monoisotopic (exact) mass is 406 g/mol. The first kappa shape index (κ1) is 21.9. The van der Waals surface area contributed by atoms with E-state index >= 15 is 0 Å². The van der Waals surface area contributed by atoms with Gasteiger partial charge in [-0.25, -0.2) is 0 Å². The van der Waals surface area contributed by atoms with E-state index in [4.69, 9.17) is 25.8 Å². The first-order chi connectivity index (χ1) is 13.4. The van der Waals surface area contributed by atoms with E-state index in [2.05, 4.69) is 5.32 Å². The number of likely N-dealkylation sites (N-methyl/N-ethyl adjacent to an activating group) is 1. The molecule has 1 atom stereocenters. The average molecular weight is 407 g/mol. The van der Waals surface area contributed by atoms with E-state index in [9.17, 15) is 4.79 Å². The van der Waals surface area contributed by atoms with Gasteiger partial charge in [-0.3, -0.25) is 4.79 Å². The molecule has 0 aromatic heterocycles. The van der Waals surface area contributed by atoms with E-state index < -0.39 is 0 Å². The van der Waals surface area contributed by atoms with Gasteiger partial charge < -0.3 is 24.4 Å². The third-order valence-electron chi connectivity index (χ3n) is 4.47. The number of benzene rings is 2. The van der Waals surface area contributed by atoms with Crippen LogP contribution >= 0.6 is 11.6 Å². The minimum Gasteiger partial charge on any atom is -0.493 e. The molecule has 0 bridgehead atoms. The van der Waals surface area contributed by atoms with Crippen LogP contribution in [0.1, 0.15) is 17.2 Å². The number of halogens is 1. The van der Waals surface area contributed by atoms with Crippen LogP contribution in [0.4, 0.5) is 0 Å². The molecule has 0 fully saturated rings. The van der Waals surface area contributed by atoms with Crippen LogP contribution in [-0.4, -0.2) is 52.8 Å². The van der Waals surface area contributed by atoms with E-state index in [0.717, 1.165) is 11.1 Å². The third kappa shape index (κ3) is 5.30.